The lowest BCUT2D eigenvalue weighted by Crippen LogP contribution is -2.36. The number of aromatic nitrogens is 2. The van der Waals surface area contributed by atoms with Gasteiger partial charge in [0.1, 0.15) is 18.1 Å². The zero-order valence-corrected chi connectivity index (χ0v) is 21.5. The van der Waals surface area contributed by atoms with Gasteiger partial charge in [0.2, 0.25) is 5.88 Å². The van der Waals surface area contributed by atoms with E-state index in [4.69, 9.17) is 19.0 Å². The second-order valence-electron chi connectivity index (χ2n) is 9.92. The van der Waals surface area contributed by atoms with Gasteiger partial charge in [0.25, 0.3) is 0 Å². The average molecular weight is 502 g/mol. The van der Waals surface area contributed by atoms with Crippen LogP contribution < -0.4 is 4.74 Å². The Bertz CT molecular complexity index is 1270. The minimum Gasteiger partial charge on any atom is -0.467 e. The predicted molar refractivity (Wildman–Crippen MR) is 142 cm³/mol. The third-order valence-corrected chi connectivity index (χ3v) is 6.54. The monoisotopic (exact) mass is 501 g/mol. The lowest BCUT2D eigenvalue weighted by molar-refractivity contribution is 0.00307. The van der Waals surface area contributed by atoms with Gasteiger partial charge in [-0.25, -0.2) is 4.68 Å². The highest BCUT2D eigenvalue weighted by atomic mass is 16.5. The topological polar surface area (TPSA) is 72.9 Å². The molecule has 7 nitrogen and oxygen atoms in total. The van der Waals surface area contributed by atoms with E-state index >= 15 is 0 Å². The van der Waals surface area contributed by atoms with E-state index in [2.05, 4.69) is 17.9 Å². The summed E-state index contributed by atoms with van der Waals surface area (Å²) >= 11 is 0. The lowest BCUT2D eigenvalue weighted by Gasteiger charge is -2.25. The molecule has 2 aromatic carbocycles. The highest BCUT2D eigenvalue weighted by Crippen LogP contribution is 2.34. The average Bonchev–Trinajstić information content (AvgIpc) is 3.45. The number of furan rings is 1. The summed E-state index contributed by atoms with van der Waals surface area (Å²) in [6.45, 7) is 6.74. The van der Waals surface area contributed by atoms with Crippen molar-refractivity contribution in [1.29, 1.82) is 0 Å². The number of hydrogen-bond acceptors (Lipinski definition) is 6. The summed E-state index contributed by atoms with van der Waals surface area (Å²) in [7, 11) is 0. The van der Waals surface area contributed by atoms with E-state index in [1.165, 1.54) is 12.8 Å². The molecule has 0 aliphatic heterocycles. The zero-order chi connectivity index (χ0) is 25.6. The fourth-order valence-electron chi connectivity index (χ4n) is 4.49. The minimum absolute atomic E-state index is 0.247. The molecular weight excluding hydrogens is 466 g/mol. The molecule has 7 heteroatoms. The van der Waals surface area contributed by atoms with Gasteiger partial charge in [-0.05, 0) is 74.6 Å². The number of nitrogens with zero attached hydrogens (tertiary/aromatic N) is 3. The lowest BCUT2D eigenvalue weighted by atomic mass is 10.2. The van der Waals surface area contributed by atoms with Crippen molar-refractivity contribution in [2.75, 3.05) is 19.7 Å². The summed E-state index contributed by atoms with van der Waals surface area (Å²) in [6, 6.07) is 21.8. The molecule has 0 amide bonds. The van der Waals surface area contributed by atoms with Gasteiger partial charge in [0.05, 0.1) is 35.9 Å². The van der Waals surface area contributed by atoms with E-state index in [1.54, 1.807) is 6.26 Å². The summed E-state index contributed by atoms with van der Waals surface area (Å²) in [5.74, 6) is 2.91. The van der Waals surface area contributed by atoms with E-state index in [9.17, 15) is 5.11 Å². The Balaban J connectivity index is 1.36. The van der Waals surface area contributed by atoms with E-state index < -0.39 is 6.10 Å². The molecule has 37 heavy (non-hydrogen) atoms. The van der Waals surface area contributed by atoms with Crippen molar-refractivity contribution in [3.63, 3.8) is 0 Å². The first-order valence-electron chi connectivity index (χ1n) is 12.9. The number of aryl methyl sites for hydroxylation is 2. The molecule has 0 bridgehead atoms. The normalized spacial score (nSPS) is 14.3. The zero-order valence-electron chi connectivity index (χ0n) is 21.5. The van der Waals surface area contributed by atoms with Crippen LogP contribution in [0.5, 0.6) is 11.6 Å². The van der Waals surface area contributed by atoms with Crippen LogP contribution in [0.1, 0.15) is 35.4 Å². The van der Waals surface area contributed by atoms with Crippen molar-refractivity contribution in [2.24, 2.45) is 5.92 Å². The Labute approximate surface area is 218 Å². The quantitative estimate of drug-likeness (QED) is 0.255. The van der Waals surface area contributed by atoms with Gasteiger partial charge in [-0.1, -0.05) is 30.3 Å². The molecule has 1 N–H and O–H groups in total. The van der Waals surface area contributed by atoms with Crippen LogP contribution in [0.4, 0.5) is 0 Å². The molecule has 2 heterocycles. The Morgan fingerprint density at radius 3 is 2.65 bits per heavy atom. The summed E-state index contributed by atoms with van der Waals surface area (Å²) in [5, 5.41) is 15.7. The second kappa shape index (κ2) is 11.8. The highest BCUT2D eigenvalue weighted by Gasteiger charge is 2.28. The Morgan fingerprint density at radius 1 is 1.08 bits per heavy atom. The van der Waals surface area contributed by atoms with Crippen LogP contribution in [0.15, 0.2) is 77.4 Å². The van der Waals surface area contributed by atoms with Crippen LogP contribution in [0.25, 0.3) is 5.69 Å². The molecule has 1 saturated carbocycles. The van der Waals surface area contributed by atoms with Crippen molar-refractivity contribution in [2.45, 2.75) is 45.9 Å². The molecule has 1 aliphatic carbocycles. The summed E-state index contributed by atoms with van der Waals surface area (Å²) < 4.78 is 19.4. The van der Waals surface area contributed by atoms with Crippen LogP contribution >= 0.6 is 0 Å². The first kappa shape index (κ1) is 25.3. The fraction of sp³-hybridized carbons (Fsp3) is 0.367. The highest BCUT2D eigenvalue weighted by molar-refractivity contribution is 5.43. The van der Waals surface area contributed by atoms with Gasteiger partial charge in [0, 0.05) is 19.6 Å². The van der Waals surface area contributed by atoms with Crippen LogP contribution in [-0.4, -0.2) is 45.6 Å². The van der Waals surface area contributed by atoms with Gasteiger partial charge < -0.3 is 19.0 Å². The Kier molecular flexibility index (Phi) is 8.04. The first-order chi connectivity index (χ1) is 18.0. The molecule has 4 aromatic rings. The number of aliphatic hydroxyl groups excluding tert-OH is 1. The SMILES string of the molecule is Cc1cccc(Oc2c(CN(CC3CC3)C[C@H](O)COCc3ccco3)c(C)nn2-c2ccccc2)c1. The van der Waals surface area contributed by atoms with Crippen molar-refractivity contribution in [1.82, 2.24) is 14.7 Å². The number of rotatable bonds is 13. The molecule has 1 aliphatic rings. The molecule has 5 rings (SSSR count). The van der Waals surface area contributed by atoms with Gasteiger partial charge in [0.15, 0.2) is 0 Å². The van der Waals surface area contributed by atoms with Gasteiger partial charge in [-0.2, -0.15) is 5.10 Å². The van der Waals surface area contributed by atoms with Crippen molar-refractivity contribution in [3.8, 4) is 17.3 Å². The maximum Gasteiger partial charge on any atom is 0.227 e. The summed E-state index contributed by atoms with van der Waals surface area (Å²) in [4.78, 5) is 2.31. The Morgan fingerprint density at radius 2 is 1.92 bits per heavy atom. The van der Waals surface area contributed by atoms with Crippen LogP contribution in [0, 0.1) is 19.8 Å². The molecule has 0 spiro atoms. The van der Waals surface area contributed by atoms with E-state index in [0.29, 0.717) is 31.5 Å². The first-order valence-corrected chi connectivity index (χ1v) is 12.9. The van der Waals surface area contributed by atoms with Gasteiger partial charge in [-0.3, -0.25) is 4.90 Å². The predicted octanol–water partition coefficient (Wildman–Crippen LogP) is 5.66. The van der Waals surface area contributed by atoms with Gasteiger partial charge in [-0.15, -0.1) is 0 Å². The van der Waals surface area contributed by atoms with E-state index in [-0.39, 0.29) is 6.61 Å². The third kappa shape index (κ3) is 6.89. The van der Waals surface area contributed by atoms with Crippen molar-refractivity contribution in [3.05, 3.63) is 95.6 Å². The van der Waals surface area contributed by atoms with Crippen molar-refractivity contribution >= 4 is 0 Å². The maximum absolute atomic E-state index is 10.8. The van der Waals surface area contributed by atoms with Gasteiger partial charge >= 0.3 is 0 Å². The molecule has 1 fully saturated rings. The number of hydrogen-bond donors (Lipinski definition) is 1. The number of aliphatic hydroxyl groups is 1. The summed E-state index contributed by atoms with van der Waals surface area (Å²) in [5.41, 5.74) is 4.01. The largest absolute Gasteiger partial charge is 0.467 e. The van der Waals surface area contributed by atoms with Crippen LogP contribution in [-0.2, 0) is 17.9 Å². The number of para-hydroxylation sites is 1. The summed E-state index contributed by atoms with van der Waals surface area (Å²) in [6.07, 6.45) is 3.48. The molecular formula is C30H35N3O4. The molecule has 194 valence electrons. The smallest absolute Gasteiger partial charge is 0.227 e. The van der Waals surface area contributed by atoms with E-state index in [0.717, 1.165) is 40.6 Å². The fourth-order valence-corrected chi connectivity index (χ4v) is 4.49. The second-order valence-corrected chi connectivity index (χ2v) is 9.92. The molecule has 0 unspecified atom stereocenters. The molecule has 2 aromatic heterocycles. The number of ether oxygens (including phenoxy) is 2. The number of benzene rings is 2. The maximum atomic E-state index is 10.8. The molecule has 0 radical (unpaired) electrons. The minimum atomic E-state index is -0.612. The third-order valence-electron chi connectivity index (χ3n) is 6.54. The Hall–Kier alpha value is -3.39. The van der Waals surface area contributed by atoms with Crippen molar-refractivity contribution < 1.29 is 19.0 Å². The van der Waals surface area contributed by atoms with Crippen LogP contribution in [0.2, 0.25) is 0 Å². The van der Waals surface area contributed by atoms with E-state index in [1.807, 2.05) is 72.3 Å². The van der Waals surface area contributed by atoms with Crippen LogP contribution in [0.3, 0.4) is 0 Å². The molecule has 1 atom stereocenters. The standard InChI is InChI=1S/C30H35N3O4/c1-22-8-6-11-27(16-22)37-30-29(23(2)31-33(30)25-9-4-3-5-10-25)19-32(17-24-13-14-24)18-26(34)20-35-21-28-12-7-15-36-28/h3-12,15-16,24,26,34H,13-14,17-21H2,1-2H3/t26-/m0/s1. The molecule has 0 saturated heterocycles.